The Bertz CT molecular complexity index is 1460. The first kappa shape index (κ1) is 33.2. The molecule has 1 unspecified atom stereocenters. The third-order valence-electron chi connectivity index (χ3n) is 6.80. The van der Waals surface area contributed by atoms with Gasteiger partial charge < -0.3 is 15.0 Å². The number of aryl methyl sites for hydroxylation is 1. The van der Waals surface area contributed by atoms with Crippen LogP contribution in [0.4, 0.5) is 5.69 Å². The highest BCUT2D eigenvalue weighted by atomic mass is 35.5. The van der Waals surface area contributed by atoms with E-state index in [4.69, 9.17) is 27.9 Å². The van der Waals surface area contributed by atoms with Crippen molar-refractivity contribution in [3.63, 3.8) is 0 Å². The number of nitrogens with zero attached hydrogens (tertiary/aromatic N) is 2. The molecule has 3 rings (SSSR count). The summed E-state index contributed by atoms with van der Waals surface area (Å²) in [6, 6.07) is 17.0. The molecule has 3 aromatic rings. The van der Waals surface area contributed by atoms with E-state index in [0.717, 1.165) is 22.7 Å². The average molecular weight is 635 g/mol. The number of hydrogen-bond acceptors (Lipinski definition) is 5. The fraction of sp³-hybridized carbons (Fsp3) is 0.355. The van der Waals surface area contributed by atoms with Crippen molar-refractivity contribution in [3.8, 4) is 5.75 Å². The van der Waals surface area contributed by atoms with Gasteiger partial charge in [0.1, 0.15) is 18.3 Å². The van der Waals surface area contributed by atoms with Crippen LogP contribution >= 0.6 is 23.2 Å². The number of rotatable bonds is 14. The first-order chi connectivity index (χ1) is 20.0. The smallest absolute Gasteiger partial charge is 0.264 e. The molecule has 11 heteroatoms. The summed E-state index contributed by atoms with van der Waals surface area (Å²) in [5, 5.41) is 3.58. The van der Waals surface area contributed by atoms with E-state index >= 15 is 0 Å². The molecule has 0 aliphatic rings. The molecule has 8 nitrogen and oxygen atoms in total. The molecule has 0 aromatic heterocycles. The fourth-order valence-corrected chi connectivity index (χ4v) is 6.11. The van der Waals surface area contributed by atoms with Crippen LogP contribution in [0.1, 0.15) is 44.2 Å². The first-order valence-corrected chi connectivity index (χ1v) is 16.0. The molecule has 0 spiro atoms. The number of nitrogens with one attached hydrogen (secondary N) is 1. The quantitative estimate of drug-likeness (QED) is 0.212. The zero-order valence-electron chi connectivity index (χ0n) is 24.3. The summed E-state index contributed by atoms with van der Waals surface area (Å²) in [6.07, 6.45) is 2.02. The Morgan fingerprint density at radius 2 is 1.62 bits per heavy atom. The van der Waals surface area contributed by atoms with Gasteiger partial charge in [0.2, 0.25) is 11.8 Å². The maximum atomic E-state index is 14.1. The maximum Gasteiger partial charge on any atom is 0.264 e. The summed E-state index contributed by atoms with van der Waals surface area (Å²) < 4.78 is 34.2. The van der Waals surface area contributed by atoms with E-state index in [9.17, 15) is 18.0 Å². The summed E-state index contributed by atoms with van der Waals surface area (Å²) in [6.45, 7) is 5.69. The van der Waals surface area contributed by atoms with Gasteiger partial charge in [-0.2, -0.15) is 0 Å². The Hall–Kier alpha value is -3.27. The molecular formula is C31H37Cl2N3O5S. The molecule has 226 valence electrons. The number of hydrogen-bond donors (Lipinski definition) is 1. The Kier molecular flexibility index (Phi) is 12.1. The number of methoxy groups -OCH3 is 1. The van der Waals surface area contributed by atoms with Gasteiger partial charge in [0.15, 0.2) is 0 Å². The van der Waals surface area contributed by atoms with Gasteiger partial charge in [-0.1, -0.05) is 67.2 Å². The van der Waals surface area contributed by atoms with Crippen molar-refractivity contribution in [2.45, 2.75) is 57.5 Å². The minimum atomic E-state index is -4.18. The van der Waals surface area contributed by atoms with E-state index in [-0.39, 0.29) is 17.3 Å². The summed E-state index contributed by atoms with van der Waals surface area (Å²) >= 11 is 12.4. The highest BCUT2D eigenvalue weighted by molar-refractivity contribution is 7.92. The fourth-order valence-electron chi connectivity index (χ4n) is 4.38. The number of amides is 2. The highest BCUT2D eigenvalue weighted by Gasteiger charge is 2.33. The normalized spacial score (nSPS) is 12.0. The van der Waals surface area contributed by atoms with Gasteiger partial charge in [-0.25, -0.2) is 8.42 Å². The lowest BCUT2D eigenvalue weighted by Crippen LogP contribution is -2.52. The highest BCUT2D eigenvalue weighted by Crippen LogP contribution is 2.27. The molecule has 0 fully saturated rings. The second kappa shape index (κ2) is 15.3. The van der Waals surface area contributed by atoms with Crippen molar-refractivity contribution in [1.29, 1.82) is 0 Å². The third kappa shape index (κ3) is 8.40. The monoisotopic (exact) mass is 633 g/mol. The number of unbranched alkanes of at least 4 members (excludes halogenated alkanes) is 1. The minimum absolute atomic E-state index is 0.00272. The average Bonchev–Trinajstić information content (AvgIpc) is 2.98. The van der Waals surface area contributed by atoms with Crippen LogP contribution in [0.3, 0.4) is 0 Å². The molecule has 42 heavy (non-hydrogen) atoms. The van der Waals surface area contributed by atoms with Gasteiger partial charge in [-0.15, -0.1) is 0 Å². The third-order valence-corrected chi connectivity index (χ3v) is 9.33. The SMILES string of the molecule is CCCCNC(=O)C(CC)N(Cc1ccc(Cl)c(Cl)c1)C(=O)CN(c1ccc(C)cc1)S(=O)(=O)c1ccc(OC)cc1. The predicted octanol–water partition coefficient (Wildman–Crippen LogP) is 6.23. The Morgan fingerprint density at radius 1 is 0.952 bits per heavy atom. The summed E-state index contributed by atoms with van der Waals surface area (Å²) in [5.41, 5.74) is 1.90. The number of sulfonamides is 1. The lowest BCUT2D eigenvalue weighted by atomic mass is 10.1. The summed E-state index contributed by atoms with van der Waals surface area (Å²) in [7, 11) is -2.69. The van der Waals surface area contributed by atoms with E-state index in [1.165, 1.54) is 24.1 Å². The van der Waals surface area contributed by atoms with Crippen LogP contribution in [-0.2, 0) is 26.2 Å². The van der Waals surface area contributed by atoms with Gasteiger partial charge in [0.25, 0.3) is 10.0 Å². The topological polar surface area (TPSA) is 96.0 Å². The molecular weight excluding hydrogens is 597 g/mol. The standard InChI is InChI=1S/C31H37Cl2N3O5S/c1-5-7-18-34-31(38)29(6-2)35(20-23-10-17-27(32)28(33)19-23)30(37)21-36(24-11-8-22(3)9-12-24)42(39,40)26-15-13-25(41-4)14-16-26/h8-17,19,29H,5-7,18,20-21H2,1-4H3,(H,34,38). The molecule has 0 saturated carbocycles. The van der Waals surface area contributed by atoms with Crippen LogP contribution in [0.2, 0.25) is 10.0 Å². The van der Waals surface area contributed by atoms with E-state index in [1.54, 1.807) is 54.6 Å². The van der Waals surface area contributed by atoms with Crippen molar-refractivity contribution in [1.82, 2.24) is 10.2 Å². The summed E-state index contributed by atoms with van der Waals surface area (Å²) in [4.78, 5) is 28.8. The van der Waals surface area contributed by atoms with Crippen molar-refractivity contribution >= 4 is 50.7 Å². The van der Waals surface area contributed by atoms with E-state index < -0.39 is 28.5 Å². The van der Waals surface area contributed by atoms with Crippen LogP contribution in [-0.4, -0.2) is 51.4 Å². The van der Waals surface area contributed by atoms with Crippen LogP contribution in [0.15, 0.2) is 71.6 Å². The van der Waals surface area contributed by atoms with E-state index in [0.29, 0.717) is 40.0 Å². The minimum Gasteiger partial charge on any atom is -0.497 e. The van der Waals surface area contributed by atoms with Crippen LogP contribution in [0, 0.1) is 6.92 Å². The lowest BCUT2D eigenvalue weighted by Gasteiger charge is -2.33. The molecule has 0 saturated heterocycles. The van der Waals surface area contributed by atoms with Gasteiger partial charge >= 0.3 is 0 Å². The maximum absolute atomic E-state index is 14.1. The Balaban J connectivity index is 2.04. The molecule has 1 N–H and O–H groups in total. The van der Waals surface area contributed by atoms with Gasteiger partial charge in [0.05, 0.1) is 27.7 Å². The van der Waals surface area contributed by atoms with Crippen LogP contribution in [0.5, 0.6) is 5.75 Å². The van der Waals surface area contributed by atoms with Gasteiger partial charge in [-0.3, -0.25) is 13.9 Å². The number of carbonyl (C=O) groups is 2. The van der Waals surface area contributed by atoms with Gasteiger partial charge in [-0.05, 0) is 73.9 Å². The molecule has 0 heterocycles. The lowest BCUT2D eigenvalue weighted by molar-refractivity contribution is -0.140. The molecule has 0 aliphatic carbocycles. The van der Waals surface area contributed by atoms with E-state index in [1.807, 2.05) is 20.8 Å². The number of carbonyl (C=O) groups excluding carboxylic acids is 2. The number of benzene rings is 3. The second-order valence-electron chi connectivity index (χ2n) is 9.86. The van der Waals surface area contributed by atoms with Crippen molar-refractivity contribution in [3.05, 3.63) is 87.9 Å². The number of anilines is 1. The van der Waals surface area contributed by atoms with Crippen molar-refractivity contribution in [2.24, 2.45) is 0 Å². The Labute approximate surface area is 258 Å². The van der Waals surface area contributed by atoms with Crippen molar-refractivity contribution < 1.29 is 22.7 Å². The summed E-state index contributed by atoms with van der Waals surface area (Å²) in [5.74, 6) is -0.352. The predicted molar refractivity (Wildman–Crippen MR) is 168 cm³/mol. The van der Waals surface area contributed by atoms with E-state index in [2.05, 4.69) is 5.32 Å². The molecule has 2 amide bonds. The number of ether oxygens (including phenoxy) is 1. The first-order valence-electron chi connectivity index (χ1n) is 13.8. The van der Waals surface area contributed by atoms with Gasteiger partial charge in [0, 0.05) is 13.1 Å². The zero-order valence-corrected chi connectivity index (χ0v) is 26.6. The Morgan fingerprint density at radius 3 is 2.19 bits per heavy atom. The second-order valence-corrected chi connectivity index (χ2v) is 12.5. The van der Waals surface area contributed by atoms with Crippen molar-refractivity contribution in [2.75, 3.05) is 24.5 Å². The molecule has 0 aliphatic heterocycles. The van der Waals surface area contributed by atoms with Crippen LogP contribution < -0.4 is 14.4 Å². The number of halogens is 2. The molecule has 1 atom stereocenters. The zero-order chi connectivity index (χ0) is 30.9. The molecule has 3 aromatic carbocycles. The van der Waals surface area contributed by atoms with Crippen LogP contribution in [0.25, 0.3) is 0 Å². The molecule has 0 radical (unpaired) electrons. The largest absolute Gasteiger partial charge is 0.497 e. The molecule has 0 bridgehead atoms.